The van der Waals surface area contributed by atoms with E-state index in [1.807, 2.05) is 20.1 Å². The van der Waals surface area contributed by atoms with Crippen LogP contribution in [0.15, 0.2) is 0 Å². The third-order valence-electron chi connectivity index (χ3n) is 1.52. The number of thioether (sulfide) groups is 1. The highest BCUT2D eigenvalue weighted by molar-refractivity contribution is 8.00. The second kappa shape index (κ2) is 3.68. The Hall–Kier alpha value is -0.620. The minimum Gasteiger partial charge on any atom is -0.369 e. The Bertz CT molecular complexity index is 193. The zero-order chi connectivity index (χ0) is 9.07. The molecule has 1 atom stereocenters. The number of primary amides is 1. The Morgan fingerprint density at radius 3 is 2.27 bits per heavy atom. The standard InChI is InChI=1S/C8H13NOS/c1-5-8(2,3)6(11-4)7(9)10/h1,6H,2-4H3,(H2,9,10). The van der Waals surface area contributed by atoms with Gasteiger partial charge in [0.05, 0.1) is 5.25 Å². The minimum absolute atomic E-state index is 0.299. The minimum atomic E-state index is -0.453. The first-order chi connectivity index (χ1) is 4.95. The van der Waals surface area contributed by atoms with Crippen LogP contribution >= 0.6 is 11.8 Å². The van der Waals surface area contributed by atoms with Crippen LogP contribution < -0.4 is 5.73 Å². The van der Waals surface area contributed by atoms with E-state index >= 15 is 0 Å². The molecule has 0 saturated heterocycles. The topological polar surface area (TPSA) is 43.1 Å². The molecule has 0 aromatic heterocycles. The quantitative estimate of drug-likeness (QED) is 0.640. The second-order valence-corrected chi connectivity index (χ2v) is 3.83. The predicted molar refractivity (Wildman–Crippen MR) is 49.1 cm³/mol. The number of amides is 1. The third kappa shape index (κ3) is 2.47. The summed E-state index contributed by atoms with van der Waals surface area (Å²) in [6.07, 6.45) is 7.08. The van der Waals surface area contributed by atoms with Gasteiger partial charge in [0.2, 0.25) is 5.91 Å². The predicted octanol–water partition coefficient (Wildman–Crippen LogP) is 0.863. The maximum atomic E-state index is 10.8. The molecule has 0 aliphatic carbocycles. The summed E-state index contributed by atoms with van der Waals surface area (Å²) in [5.74, 6) is 2.21. The smallest absolute Gasteiger partial charge is 0.232 e. The summed E-state index contributed by atoms with van der Waals surface area (Å²) in [7, 11) is 0. The molecule has 0 rings (SSSR count). The van der Waals surface area contributed by atoms with E-state index in [4.69, 9.17) is 12.2 Å². The molecule has 0 bridgehead atoms. The van der Waals surface area contributed by atoms with Crippen molar-refractivity contribution in [2.24, 2.45) is 11.1 Å². The zero-order valence-electron chi connectivity index (χ0n) is 7.05. The Morgan fingerprint density at radius 1 is 1.73 bits per heavy atom. The lowest BCUT2D eigenvalue weighted by Crippen LogP contribution is -2.37. The fraction of sp³-hybridized carbons (Fsp3) is 0.625. The summed E-state index contributed by atoms with van der Waals surface area (Å²) >= 11 is 1.39. The van der Waals surface area contributed by atoms with Crippen LogP contribution in [0.2, 0.25) is 0 Å². The highest BCUT2D eigenvalue weighted by Crippen LogP contribution is 2.28. The van der Waals surface area contributed by atoms with Crippen molar-refractivity contribution < 1.29 is 4.79 Å². The molecule has 2 nitrogen and oxygen atoms in total. The molecular weight excluding hydrogens is 158 g/mol. The van der Waals surface area contributed by atoms with Gasteiger partial charge in [-0.05, 0) is 20.1 Å². The number of hydrogen-bond acceptors (Lipinski definition) is 2. The largest absolute Gasteiger partial charge is 0.369 e. The molecule has 0 saturated carbocycles. The Kier molecular flexibility index (Phi) is 3.47. The Balaban J connectivity index is 4.53. The molecule has 2 N–H and O–H groups in total. The molecule has 62 valence electrons. The maximum absolute atomic E-state index is 10.8. The van der Waals surface area contributed by atoms with Gasteiger partial charge in [0.25, 0.3) is 0 Å². The normalized spacial score (nSPS) is 13.6. The zero-order valence-corrected chi connectivity index (χ0v) is 7.87. The summed E-state index contributed by atoms with van der Waals surface area (Å²) in [5.41, 5.74) is 4.70. The maximum Gasteiger partial charge on any atom is 0.232 e. The van der Waals surface area contributed by atoms with Crippen molar-refractivity contribution in [3.63, 3.8) is 0 Å². The lowest BCUT2D eigenvalue weighted by molar-refractivity contribution is -0.118. The number of carbonyl (C=O) groups excluding carboxylic acids is 1. The van der Waals surface area contributed by atoms with Crippen LogP contribution in [0.25, 0.3) is 0 Å². The van der Waals surface area contributed by atoms with Crippen molar-refractivity contribution in [1.82, 2.24) is 0 Å². The van der Waals surface area contributed by atoms with Crippen LogP contribution in [0.3, 0.4) is 0 Å². The van der Waals surface area contributed by atoms with Crippen molar-refractivity contribution >= 4 is 17.7 Å². The highest BCUT2D eigenvalue weighted by atomic mass is 32.2. The van der Waals surface area contributed by atoms with E-state index in [0.717, 1.165) is 0 Å². The fourth-order valence-electron chi connectivity index (χ4n) is 0.842. The molecule has 3 heteroatoms. The molecule has 0 heterocycles. The van der Waals surface area contributed by atoms with E-state index in [1.54, 1.807) is 0 Å². The highest BCUT2D eigenvalue weighted by Gasteiger charge is 2.31. The molecule has 0 spiro atoms. The molecule has 0 fully saturated rings. The molecule has 0 aliphatic heterocycles. The van der Waals surface area contributed by atoms with Gasteiger partial charge >= 0.3 is 0 Å². The monoisotopic (exact) mass is 171 g/mol. The van der Waals surface area contributed by atoms with E-state index in [9.17, 15) is 4.79 Å². The molecule has 1 unspecified atom stereocenters. The Labute approximate surface area is 71.9 Å². The molecule has 11 heavy (non-hydrogen) atoms. The number of hydrogen-bond donors (Lipinski definition) is 1. The van der Waals surface area contributed by atoms with Crippen LogP contribution in [-0.2, 0) is 4.79 Å². The number of rotatable bonds is 3. The van der Waals surface area contributed by atoms with Crippen molar-refractivity contribution in [2.75, 3.05) is 6.26 Å². The first-order valence-corrected chi connectivity index (χ1v) is 4.54. The van der Waals surface area contributed by atoms with E-state index in [-0.39, 0.29) is 11.2 Å². The van der Waals surface area contributed by atoms with Crippen LogP contribution in [-0.4, -0.2) is 17.4 Å². The Morgan fingerprint density at radius 2 is 2.18 bits per heavy atom. The van der Waals surface area contributed by atoms with Crippen LogP contribution in [0, 0.1) is 17.8 Å². The second-order valence-electron chi connectivity index (χ2n) is 2.88. The summed E-state index contributed by atoms with van der Waals surface area (Å²) in [6, 6.07) is 0. The van der Waals surface area contributed by atoms with E-state index in [0.29, 0.717) is 0 Å². The van der Waals surface area contributed by atoms with Crippen molar-refractivity contribution in [2.45, 2.75) is 19.1 Å². The third-order valence-corrected chi connectivity index (χ3v) is 2.81. The fourth-order valence-corrected chi connectivity index (χ4v) is 1.73. The molecular formula is C8H13NOS. The lowest BCUT2D eigenvalue weighted by atomic mass is 9.90. The van der Waals surface area contributed by atoms with Crippen LogP contribution in [0.1, 0.15) is 13.8 Å². The van der Waals surface area contributed by atoms with Gasteiger partial charge in [-0.3, -0.25) is 4.79 Å². The lowest BCUT2D eigenvalue weighted by Gasteiger charge is -2.24. The van der Waals surface area contributed by atoms with Crippen molar-refractivity contribution in [1.29, 1.82) is 0 Å². The van der Waals surface area contributed by atoms with Crippen LogP contribution in [0.4, 0.5) is 0 Å². The summed E-state index contributed by atoms with van der Waals surface area (Å²) in [5, 5.41) is -0.299. The average molecular weight is 171 g/mol. The van der Waals surface area contributed by atoms with Gasteiger partial charge in [-0.15, -0.1) is 6.42 Å². The average Bonchev–Trinajstić information content (AvgIpc) is 1.88. The van der Waals surface area contributed by atoms with E-state index in [1.165, 1.54) is 11.8 Å². The molecule has 1 amide bonds. The summed E-state index contributed by atoms with van der Waals surface area (Å²) in [6.45, 7) is 3.66. The first-order valence-electron chi connectivity index (χ1n) is 3.25. The van der Waals surface area contributed by atoms with Gasteiger partial charge in [-0.25, -0.2) is 0 Å². The van der Waals surface area contributed by atoms with Crippen molar-refractivity contribution in [3.8, 4) is 12.3 Å². The van der Waals surface area contributed by atoms with Gasteiger partial charge in [0.15, 0.2) is 0 Å². The first kappa shape index (κ1) is 10.4. The number of nitrogens with two attached hydrogens (primary N) is 1. The van der Waals surface area contributed by atoms with E-state index < -0.39 is 5.41 Å². The SMILES string of the molecule is C#CC(C)(C)C(SC)C(N)=O. The van der Waals surface area contributed by atoms with Gasteiger partial charge in [0.1, 0.15) is 0 Å². The summed E-state index contributed by atoms with van der Waals surface area (Å²) in [4.78, 5) is 10.8. The van der Waals surface area contributed by atoms with Crippen molar-refractivity contribution in [3.05, 3.63) is 0 Å². The summed E-state index contributed by atoms with van der Waals surface area (Å²) < 4.78 is 0. The molecule has 0 aromatic rings. The molecule has 0 radical (unpaired) electrons. The van der Waals surface area contributed by atoms with Crippen LogP contribution in [0.5, 0.6) is 0 Å². The molecule has 0 aliphatic rings. The van der Waals surface area contributed by atoms with Gasteiger partial charge in [0, 0.05) is 5.41 Å². The van der Waals surface area contributed by atoms with Gasteiger partial charge in [-0.1, -0.05) is 5.92 Å². The van der Waals surface area contributed by atoms with E-state index in [2.05, 4.69) is 5.92 Å². The van der Waals surface area contributed by atoms with Gasteiger partial charge in [-0.2, -0.15) is 11.8 Å². The number of carbonyl (C=O) groups is 1. The molecule has 0 aromatic carbocycles. The van der Waals surface area contributed by atoms with Gasteiger partial charge < -0.3 is 5.73 Å². The number of terminal acetylenes is 1.